The normalized spacial score (nSPS) is 11.3. The van der Waals surface area contributed by atoms with E-state index in [1.54, 1.807) is 0 Å². The SMILES string of the molecule is CCc1ncc(S(=O)(=O)Nc2ccc(F)cc2OC)[nH]1. The van der Waals surface area contributed by atoms with Crippen LogP contribution in [0.25, 0.3) is 0 Å². The molecule has 0 saturated heterocycles. The minimum Gasteiger partial charge on any atom is -0.494 e. The predicted molar refractivity (Wildman–Crippen MR) is 71.7 cm³/mol. The molecule has 0 spiro atoms. The van der Waals surface area contributed by atoms with Crippen LogP contribution >= 0.6 is 0 Å². The van der Waals surface area contributed by atoms with Crippen LogP contribution in [0.2, 0.25) is 0 Å². The summed E-state index contributed by atoms with van der Waals surface area (Å²) in [6.45, 7) is 1.85. The Morgan fingerprint density at radius 3 is 2.80 bits per heavy atom. The number of rotatable bonds is 5. The molecule has 0 aliphatic heterocycles. The van der Waals surface area contributed by atoms with Crippen molar-refractivity contribution in [3.05, 3.63) is 36.0 Å². The van der Waals surface area contributed by atoms with Gasteiger partial charge < -0.3 is 9.72 Å². The van der Waals surface area contributed by atoms with Gasteiger partial charge >= 0.3 is 0 Å². The number of ether oxygens (including phenoxy) is 1. The average molecular weight is 299 g/mol. The van der Waals surface area contributed by atoms with Crippen LogP contribution in [-0.4, -0.2) is 25.5 Å². The molecule has 2 aromatic rings. The highest BCUT2D eigenvalue weighted by Crippen LogP contribution is 2.27. The Hall–Kier alpha value is -2.09. The number of methoxy groups -OCH3 is 1. The van der Waals surface area contributed by atoms with Crippen molar-refractivity contribution in [2.45, 2.75) is 18.4 Å². The van der Waals surface area contributed by atoms with Gasteiger partial charge in [0, 0.05) is 12.5 Å². The quantitative estimate of drug-likeness (QED) is 0.883. The fraction of sp³-hybridized carbons (Fsp3) is 0.250. The number of nitrogens with one attached hydrogen (secondary N) is 2. The first-order chi connectivity index (χ1) is 9.46. The molecule has 0 aliphatic carbocycles. The third kappa shape index (κ3) is 2.90. The molecule has 1 heterocycles. The minimum absolute atomic E-state index is 0.0549. The molecular formula is C12H14FN3O3S. The molecule has 2 rings (SSSR count). The summed E-state index contributed by atoms with van der Waals surface area (Å²) in [7, 11) is -2.49. The first-order valence-electron chi connectivity index (χ1n) is 5.86. The van der Waals surface area contributed by atoms with Crippen LogP contribution in [0, 0.1) is 5.82 Å². The molecule has 20 heavy (non-hydrogen) atoms. The number of hydrogen-bond donors (Lipinski definition) is 2. The maximum absolute atomic E-state index is 13.1. The lowest BCUT2D eigenvalue weighted by atomic mass is 10.3. The number of imidazole rings is 1. The highest BCUT2D eigenvalue weighted by molar-refractivity contribution is 7.92. The zero-order chi connectivity index (χ0) is 14.8. The summed E-state index contributed by atoms with van der Waals surface area (Å²) < 4.78 is 44.6. The van der Waals surface area contributed by atoms with Gasteiger partial charge in [-0.25, -0.2) is 9.37 Å². The topological polar surface area (TPSA) is 84.1 Å². The van der Waals surface area contributed by atoms with Crippen LogP contribution < -0.4 is 9.46 Å². The fourth-order valence-electron chi connectivity index (χ4n) is 1.61. The summed E-state index contributed by atoms with van der Waals surface area (Å²) >= 11 is 0. The third-order valence-electron chi connectivity index (χ3n) is 2.64. The van der Waals surface area contributed by atoms with E-state index in [-0.39, 0.29) is 16.5 Å². The number of anilines is 1. The third-order valence-corrected chi connectivity index (χ3v) is 3.91. The summed E-state index contributed by atoms with van der Waals surface area (Å²) in [5, 5.41) is -0.0549. The molecular weight excluding hydrogens is 285 g/mol. The summed E-state index contributed by atoms with van der Waals surface area (Å²) in [5.74, 6) is 0.153. The molecule has 0 fully saturated rings. The van der Waals surface area contributed by atoms with E-state index in [4.69, 9.17) is 4.74 Å². The van der Waals surface area contributed by atoms with E-state index in [1.165, 1.54) is 19.4 Å². The van der Waals surface area contributed by atoms with Gasteiger partial charge in [-0.3, -0.25) is 4.72 Å². The van der Waals surface area contributed by atoms with Crippen molar-refractivity contribution < 1.29 is 17.5 Å². The zero-order valence-electron chi connectivity index (χ0n) is 11.0. The van der Waals surface area contributed by atoms with E-state index in [1.807, 2.05) is 6.92 Å². The van der Waals surface area contributed by atoms with Crippen molar-refractivity contribution in [2.24, 2.45) is 0 Å². The Kier molecular flexibility index (Phi) is 3.93. The van der Waals surface area contributed by atoms with Crippen LogP contribution in [0.3, 0.4) is 0 Å². The molecule has 6 nitrogen and oxygen atoms in total. The van der Waals surface area contributed by atoms with E-state index in [9.17, 15) is 12.8 Å². The number of halogens is 1. The van der Waals surface area contributed by atoms with Crippen LogP contribution in [0.15, 0.2) is 29.4 Å². The largest absolute Gasteiger partial charge is 0.494 e. The standard InChI is InChI=1S/C12H14FN3O3S/c1-3-11-14-7-12(15-11)20(17,18)16-9-5-4-8(13)6-10(9)19-2/h4-7,16H,3H2,1-2H3,(H,14,15). The zero-order valence-corrected chi connectivity index (χ0v) is 11.8. The highest BCUT2D eigenvalue weighted by atomic mass is 32.2. The van der Waals surface area contributed by atoms with Crippen molar-refractivity contribution in [3.8, 4) is 5.75 Å². The smallest absolute Gasteiger partial charge is 0.279 e. The van der Waals surface area contributed by atoms with E-state index in [0.717, 1.165) is 12.1 Å². The summed E-state index contributed by atoms with van der Waals surface area (Å²) in [5.41, 5.74) is 0.154. The van der Waals surface area contributed by atoms with Crippen molar-refractivity contribution in [2.75, 3.05) is 11.8 Å². The highest BCUT2D eigenvalue weighted by Gasteiger charge is 2.19. The van der Waals surface area contributed by atoms with Gasteiger partial charge in [-0.15, -0.1) is 0 Å². The number of aromatic nitrogens is 2. The second-order valence-electron chi connectivity index (χ2n) is 4.00. The molecule has 0 radical (unpaired) electrons. The molecule has 2 N–H and O–H groups in total. The van der Waals surface area contributed by atoms with E-state index in [2.05, 4.69) is 14.7 Å². The Labute approximate surface area is 116 Å². The number of aryl methyl sites for hydroxylation is 1. The molecule has 8 heteroatoms. The second-order valence-corrected chi connectivity index (χ2v) is 5.65. The van der Waals surface area contributed by atoms with Gasteiger partial charge in [0.1, 0.15) is 17.4 Å². The first-order valence-corrected chi connectivity index (χ1v) is 7.35. The number of aromatic amines is 1. The molecule has 0 aliphatic rings. The summed E-state index contributed by atoms with van der Waals surface area (Å²) in [6.07, 6.45) is 1.83. The van der Waals surface area contributed by atoms with Gasteiger partial charge in [0.2, 0.25) is 0 Å². The Balaban J connectivity index is 2.33. The monoisotopic (exact) mass is 299 g/mol. The van der Waals surface area contributed by atoms with Crippen molar-refractivity contribution in [1.82, 2.24) is 9.97 Å². The average Bonchev–Trinajstić information content (AvgIpc) is 2.90. The Bertz CT molecular complexity index is 712. The van der Waals surface area contributed by atoms with E-state index in [0.29, 0.717) is 12.2 Å². The lowest BCUT2D eigenvalue weighted by Gasteiger charge is -2.10. The van der Waals surface area contributed by atoms with Crippen molar-refractivity contribution in [3.63, 3.8) is 0 Å². The fourth-order valence-corrected chi connectivity index (χ4v) is 2.62. The Morgan fingerprint density at radius 2 is 2.20 bits per heavy atom. The maximum atomic E-state index is 13.1. The second kappa shape index (κ2) is 5.49. The molecule has 0 atom stereocenters. The van der Waals surface area contributed by atoms with Crippen LogP contribution in [0.4, 0.5) is 10.1 Å². The lowest BCUT2D eigenvalue weighted by molar-refractivity contribution is 0.413. The lowest BCUT2D eigenvalue weighted by Crippen LogP contribution is -2.14. The van der Waals surface area contributed by atoms with E-state index < -0.39 is 15.8 Å². The molecule has 0 bridgehead atoms. The molecule has 0 amide bonds. The Morgan fingerprint density at radius 1 is 1.45 bits per heavy atom. The van der Waals surface area contributed by atoms with Gasteiger partial charge in [0.25, 0.3) is 10.0 Å². The van der Waals surface area contributed by atoms with Gasteiger partial charge in [0.15, 0.2) is 5.03 Å². The number of benzene rings is 1. The molecule has 0 unspecified atom stereocenters. The van der Waals surface area contributed by atoms with Gasteiger partial charge in [-0.05, 0) is 12.1 Å². The predicted octanol–water partition coefficient (Wildman–Crippen LogP) is 1.92. The van der Waals surface area contributed by atoms with Gasteiger partial charge in [-0.1, -0.05) is 6.92 Å². The van der Waals surface area contributed by atoms with Crippen LogP contribution in [-0.2, 0) is 16.4 Å². The summed E-state index contributed by atoms with van der Waals surface area (Å²) in [6, 6.07) is 3.54. The summed E-state index contributed by atoms with van der Waals surface area (Å²) in [4.78, 5) is 6.63. The minimum atomic E-state index is -3.82. The molecule has 108 valence electrons. The first kappa shape index (κ1) is 14.3. The van der Waals surface area contributed by atoms with Crippen molar-refractivity contribution in [1.29, 1.82) is 0 Å². The van der Waals surface area contributed by atoms with Gasteiger partial charge in [0.05, 0.1) is 19.0 Å². The molecule has 1 aromatic heterocycles. The molecule has 0 saturated carbocycles. The number of sulfonamides is 1. The van der Waals surface area contributed by atoms with E-state index >= 15 is 0 Å². The van der Waals surface area contributed by atoms with Crippen LogP contribution in [0.5, 0.6) is 5.75 Å². The number of hydrogen-bond acceptors (Lipinski definition) is 4. The van der Waals surface area contributed by atoms with Crippen molar-refractivity contribution >= 4 is 15.7 Å². The van der Waals surface area contributed by atoms with Gasteiger partial charge in [-0.2, -0.15) is 8.42 Å². The number of nitrogens with zero attached hydrogens (tertiary/aromatic N) is 1. The van der Waals surface area contributed by atoms with Crippen LogP contribution in [0.1, 0.15) is 12.7 Å². The molecule has 1 aromatic carbocycles. The maximum Gasteiger partial charge on any atom is 0.279 e. The number of H-pyrrole nitrogens is 1.